The number of rotatable bonds is 4. The average molecular weight is 410 g/mol. The summed E-state index contributed by atoms with van der Waals surface area (Å²) in [6, 6.07) is 7.12. The van der Waals surface area contributed by atoms with Crippen molar-refractivity contribution in [2.45, 2.75) is 47.2 Å². The van der Waals surface area contributed by atoms with Crippen molar-refractivity contribution in [1.29, 1.82) is 0 Å². The Hall–Kier alpha value is -3.06. The van der Waals surface area contributed by atoms with Gasteiger partial charge in [0.15, 0.2) is 5.82 Å². The van der Waals surface area contributed by atoms with E-state index in [0.717, 1.165) is 35.3 Å². The van der Waals surface area contributed by atoms with E-state index >= 15 is 0 Å². The monoisotopic (exact) mass is 409 g/mol. The van der Waals surface area contributed by atoms with Crippen LogP contribution in [-0.4, -0.2) is 26.6 Å². The number of halogens is 1. The highest BCUT2D eigenvalue weighted by Gasteiger charge is 2.24. The summed E-state index contributed by atoms with van der Waals surface area (Å²) in [7, 11) is 0. The summed E-state index contributed by atoms with van der Waals surface area (Å²) >= 11 is 0. The predicted molar refractivity (Wildman–Crippen MR) is 116 cm³/mol. The maximum absolute atomic E-state index is 14.7. The van der Waals surface area contributed by atoms with Gasteiger partial charge >= 0.3 is 0 Å². The minimum Gasteiger partial charge on any atom is -0.397 e. The second-order valence-electron chi connectivity index (χ2n) is 7.18. The van der Waals surface area contributed by atoms with E-state index in [2.05, 4.69) is 26.6 Å². The van der Waals surface area contributed by atoms with E-state index in [1.54, 1.807) is 13.0 Å². The third-order valence-corrected chi connectivity index (χ3v) is 4.93. The third kappa shape index (κ3) is 4.57. The molecule has 30 heavy (non-hydrogen) atoms. The molecule has 2 aromatic heterocycles. The average Bonchev–Trinajstić information content (AvgIpc) is 3.13. The van der Waals surface area contributed by atoms with Crippen LogP contribution in [0.25, 0.3) is 16.8 Å². The first-order valence-electron chi connectivity index (χ1n) is 10.2. The van der Waals surface area contributed by atoms with Gasteiger partial charge in [-0.1, -0.05) is 37.7 Å². The van der Waals surface area contributed by atoms with Crippen LogP contribution in [0, 0.1) is 19.7 Å². The van der Waals surface area contributed by atoms with Crippen molar-refractivity contribution < 1.29 is 8.91 Å². The Bertz CT molecular complexity index is 1060. The fourth-order valence-electron chi connectivity index (χ4n) is 3.57. The Morgan fingerprint density at radius 2 is 1.97 bits per heavy atom. The van der Waals surface area contributed by atoms with Crippen LogP contribution in [0.15, 0.2) is 35.4 Å². The molecule has 0 bridgehead atoms. The molecular formula is C23H28FN5O. The molecule has 4 rings (SSSR count). The van der Waals surface area contributed by atoms with Gasteiger partial charge < -0.3 is 10.3 Å². The molecular weight excluding hydrogens is 381 g/mol. The van der Waals surface area contributed by atoms with E-state index in [0.29, 0.717) is 41.8 Å². The van der Waals surface area contributed by atoms with Crippen molar-refractivity contribution in [3.8, 4) is 11.1 Å². The molecule has 0 aliphatic carbocycles. The van der Waals surface area contributed by atoms with Gasteiger partial charge in [0.05, 0.1) is 23.6 Å². The molecule has 0 saturated heterocycles. The Kier molecular flexibility index (Phi) is 6.62. The lowest BCUT2D eigenvalue weighted by atomic mass is 9.92. The molecule has 6 nitrogen and oxygen atoms in total. The van der Waals surface area contributed by atoms with Gasteiger partial charge in [0.25, 0.3) is 0 Å². The Balaban J connectivity index is 0.00000124. The quantitative estimate of drug-likeness (QED) is 0.688. The summed E-state index contributed by atoms with van der Waals surface area (Å²) in [5, 5.41) is 3.84. The zero-order chi connectivity index (χ0) is 21.8. The number of benzene rings is 1. The number of fused-ring (bicyclic) bond motifs is 1. The minimum absolute atomic E-state index is 0.245. The molecule has 3 aromatic rings. The van der Waals surface area contributed by atoms with Crippen molar-refractivity contribution in [2.24, 2.45) is 5.73 Å². The van der Waals surface area contributed by atoms with Crippen molar-refractivity contribution in [3.63, 3.8) is 0 Å². The first-order chi connectivity index (χ1) is 14.4. The molecule has 0 unspecified atom stereocenters. The lowest BCUT2D eigenvalue weighted by Crippen LogP contribution is -2.31. The van der Waals surface area contributed by atoms with Crippen molar-refractivity contribution in [3.05, 3.63) is 70.9 Å². The van der Waals surface area contributed by atoms with Gasteiger partial charge in [0.1, 0.15) is 5.82 Å². The lowest BCUT2D eigenvalue weighted by molar-refractivity contribution is 0.207. The molecule has 7 heteroatoms. The second-order valence-corrected chi connectivity index (χ2v) is 7.18. The zero-order valence-corrected chi connectivity index (χ0v) is 18.0. The molecule has 0 radical (unpaired) electrons. The van der Waals surface area contributed by atoms with Gasteiger partial charge in [-0.2, -0.15) is 4.98 Å². The van der Waals surface area contributed by atoms with Crippen LogP contribution in [0.4, 0.5) is 4.39 Å². The molecule has 0 amide bonds. The third-order valence-electron chi connectivity index (χ3n) is 4.93. The first kappa shape index (κ1) is 21.6. The number of pyridine rings is 1. The molecule has 3 heterocycles. The molecule has 1 aromatic carbocycles. The van der Waals surface area contributed by atoms with Gasteiger partial charge in [-0.15, -0.1) is 0 Å². The van der Waals surface area contributed by atoms with E-state index in [9.17, 15) is 4.39 Å². The summed E-state index contributed by atoms with van der Waals surface area (Å²) in [5.74, 6) is 0.945. The predicted octanol–water partition coefficient (Wildman–Crippen LogP) is 4.40. The van der Waals surface area contributed by atoms with Gasteiger partial charge in [0, 0.05) is 18.7 Å². The Labute approximate surface area is 176 Å². The smallest absolute Gasteiger partial charge is 0.240 e. The molecule has 2 N–H and O–H groups in total. The molecule has 158 valence electrons. The van der Waals surface area contributed by atoms with Crippen LogP contribution in [0.2, 0.25) is 0 Å². The molecule has 0 saturated carbocycles. The summed E-state index contributed by atoms with van der Waals surface area (Å²) in [5.41, 5.74) is 11.1. The van der Waals surface area contributed by atoms with Gasteiger partial charge in [-0.25, -0.2) is 9.37 Å². The lowest BCUT2D eigenvalue weighted by Gasteiger charge is -2.29. The standard InChI is InChI=1S/C21H22FN5O.C2H6/c1-12-4-5-15(18(22)8-12)17-9-19(13(2)23)25-20-10-27(7-6-16(17)20)11-21-24-14(3)26-28-21;1-2/h4-5,8-9H,2,6-7,10-11,23H2,1,3H3;1-2H3. The summed E-state index contributed by atoms with van der Waals surface area (Å²) in [6.45, 7) is 13.4. The molecule has 1 aliphatic heterocycles. The van der Waals surface area contributed by atoms with Crippen LogP contribution < -0.4 is 5.73 Å². The highest BCUT2D eigenvalue weighted by atomic mass is 19.1. The number of aromatic nitrogens is 3. The maximum Gasteiger partial charge on any atom is 0.240 e. The fourth-order valence-corrected chi connectivity index (χ4v) is 3.57. The summed E-state index contributed by atoms with van der Waals surface area (Å²) < 4.78 is 19.9. The van der Waals surface area contributed by atoms with Crippen LogP contribution >= 0.6 is 0 Å². The van der Waals surface area contributed by atoms with E-state index in [4.69, 9.17) is 10.3 Å². The zero-order valence-electron chi connectivity index (χ0n) is 18.0. The van der Waals surface area contributed by atoms with Gasteiger partial charge in [0.2, 0.25) is 5.89 Å². The minimum atomic E-state index is -0.245. The van der Waals surface area contributed by atoms with Crippen LogP contribution in [0.1, 0.15) is 48.1 Å². The molecule has 1 aliphatic rings. The number of nitrogens with two attached hydrogens (primary N) is 1. The normalized spacial score (nSPS) is 13.4. The Morgan fingerprint density at radius 1 is 1.20 bits per heavy atom. The van der Waals surface area contributed by atoms with E-state index < -0.39 is 0 Å². The van der Waals surface area contributed by atoms with Crippen molar-refractivity contribution in [2.75, 3.05) is 6.54 Å². The number of hydrogen-bond acceptors (Lipinski definition) is 6. The topological polar surface area (TPSA) is 81.1 Å². The molecule has 0 spiro atoms. The van der Waals surface area contributed by atoms with E-state index in [1.807, 2.05) is 39.0 Å². The van der Waals surface area contributed by atoms with Crippen molar-refractivity contribution in [1.82, 2.24) is 20.0 Å². The van der Waals surface area contributed by atoms with Crippen LogP contribution in [0.5, 0.6) is 0 Å². The largest absolute Gasteiger partial charge is 0.397 e. The SMILES string of the molecule is C=C(N)c1cc(-c2ccc(C)cc2F)c2c(n1)CN(Cc1nc(C)no1)CC2.CC. The first-order valence-corrected chi connectivity index (χ1v) is 10.2. The van der Waals surface area contributed by atoms with Crippen LogP contribution in [0.3, 0.4) is 0 Å². The number of nitrogens with zero attached hydrogens (tertiary/aromatic N) is 4. The molecule has 0 fully saturated rings. The fraction of sp³-hybridized carbons (Fsp3) is 0.348. The number of hydrogen-bond donors (Lipinski definition) is 1. The number of aryl methyl sites for hydroxylation is 2. The van der Waals surface area contributed by atoms with E-state index in [-0.39, 0.29) is 5.82 Å². The Morgan fingerprint density at radius 3 is 2.60 bits per heavy atom. The summed E-state index contributed by atoms with van der Waals surface area (Å²) in [4.78, 5) is 11.1. The highest BCUT2D eigenvalue weighted by Crippen LogP contribution is 2.33. The van der Waals surface area contributed by atoms with E-state index in [1.165, 1.54) is 0 Å². The highest BCUT2D eigenvalue weighted by molar-refractivity contribution is 5.73. The maximum atomic E-state index is 14.7. The van der Waals surface area contributed by atoms with Gasteiger partial charge in [-0.3, -0.25) is 4.90 Å². The molecule has 0 atom stereocenters. The van der Waals surface area contributed by atoms with Crippen molar-refractivity contribution >= 4 is 5.70 Å². The second kappa shape index (κ2) is 9.17. The summed E-state index contributed by atoms with van der Waals surface area (Å²) in [6.07, 6.45) is 0.745. The van der Waals surface area contributed by atoms with Gasteiger partial charge in [-0.05, 0) is 49.1 Å². The van der Waals surface area contributed by atoms with Crippen LogP contribution in [-0.2, 0) is 19.5 Å².